The lowest BCUT2D eigenvalue weighted by Gasteiger charge is -2.34. The van der Waals surface area contributed by atoms with Gasteiger partial charge in [-0.25, -0.2) is 4.79 Å². The average molecular weight is 328 g/mol. The molecule has 0 bridgehead atoms. The van der Waals surface area contributed by atoms with E-state index in [1.165, 1.54) is 0 Å². The van der Waals surface area contributed by atoms with Crippen molar-refractivity contribution in [3.05, 3.63) is 0 Å². The molecule has 1 aliphatic rings. The third kappa shape index (κ3) is 8.56. The van der Waals surface area contributed by atoms with Gasteiger partial charge in [0.25, 0.3) is 0 Å². The number of ether oxygens (including phenoxy) is 1. The normalized spacial score (nSPS) is 17.7. The molecule has 0 aromatic rings. The summed E-state index contributed by atoms with van der Waals surface area (Å²) >= 11 is 0. The first kappa shape index (κ1) is 20.2. The van der Waals surface area contributed by atoms with Crippen LogP contribution in [-0.2, 0) is 4.74 Å². The van der Waals surface area contributed by atoms with Gasteiger partial charge >= 0.3 is 6.09 Å². The molecule has 0 spiro atoms. The van der Waals surface area contributed by atoms with Crippen LogP contribution in [0.5, 0.6) is 0 Å². The van der Waals surface area contributed by atoms with Crippen LogP contribution in [-0.4, -0.2) is 68.3 Å². The molecule has 0 radical (unpaired) electrons. The Morgan fingerprint density at radius 2 is 1.74 bits per heavy atom. The first-order chi connectivity index (χ1) is 10.5. The predicted molar refractivity (Wildman–Crippen MR) is 95.7 cm³/mol. The minimum absolute atomic E-state index is 0.170. The fourth-order valence-corrected chi connectivity index (χ4v) is 3.17. The van der Waals surface area contributed by atoms with Crippen molar-refractivity contribution in [1.29, 1.82) is 0 Å². The van der Waals surface area contributed by atoms with Gasteiger partial charge in [0.05, 0.1) is 0 Å². The standard InChI is InChI=1S/C18H37N3O2/c1-17(2,3)23-16(22)21-10-8-15(9-11-21)12-19-13-18(4,5)14-20(6)7/h15,19H,8-14H2,1-7H3. The maximum atomic E-state index is 12.1. The fourth-order valence-electron chi connectivity index (χ4n) is 3.17. The molecule has 5 heteroatoms. The second-order valence-corrected chi connectivity index (χ2v) is 8.94. The van der Waals surface area contributed by atoms with E-state index in [-0.39, 0.29) is 11.5 Å². The van der Waals surface area contributed by atoms with Crippen molar-refractivity contribution in [2.75, 3.05) is 46.8 Å². The van der Waals surface area contributed by atoms with Gasteiger partial charge < -0.3 is 19.9 Å². The summed E-state index contributed by atoms with van der Waals surface area (Å²) in [5.74, 6) is 0.656. The summed E-state index contributed by atoms with van der Waals surface area (Å²) in [4.78, 5) is 16.1. The SMILES string of the molecule is CN(C)CC(C)(C)CNCC1CCN(C(=O)OC(C)(C)C)CC1. The van der Waals surface area contributed by atoms with Crippen molar-refractivity contribution >= 4 is 6.09 Å². The number of hydrogen-bond donors (Lipinski definition) is 1. The van der Waals surface area contributed by atoms with Crippen molar-refractivity contribution < 1.29 is 9.53 Å². The number of hydrogen-bond acceptors (Lipinski definition) is 4. The molecular formula is C18H37N3O2. The highest BCUT2D eigenvalue weighted by molar-refractivity contribution is 5.68. The van der Waals surface area contributed by atoms with Gasteiger partial charge in [0, 0.05) is 26.2 Å². The molecule has 0 unspecified atom stereocenters. The number of rotatable bonds is 6. The third-order valence-electron chi connectivity index (χ3n) is 4.05. The molecule has 136 valence electrons. The molecule has 0 aromatic heterocycles. The summed E-state index contributed by atoms with van der Waals surface area (Å²) in [6.07, 6.45) is 1.94. The van der Waals surface area contributed by atoms with E-state index in [4.69, 9.17) is 4.74 Å². The van der Waals surface area contributed by atoms with Gasteiger partial charge in [-0.1, -0.05) is 13.8 Å². The first-order valence-electron chi connectivity index (χ1n) is 8.82. The minimum Gasteiger partial charge on any atom is -0.444 e. The molecule has 1 rings (SSSR count). The van der Waals surface area contributed by atoms with Gasteiger partial charge in [-0.3, -0.25) is 0 Å². The molecule has 1 N–H and O–H groups in total. The lowest BCUT2D eigenvalue weighted by atomic mass is 9.92. The Morgan fingerprint density at radius 1 is 1.17 bits per heavy atom. The molecule has 0 atom stereocenters. The summed E-state index contributed by atoms with van der Waals surface area (Å²) in [6, 6.07) is 0. The maximum Gasteiger partial charge on any atom is 0.410 e. The number of carbonyl (C=O) groups is 1. The molecule has 0 aliphatic carbocycles. The largest absolute Gasteiger partial charge is 0.444 e. The molecule has 1 amide bonds. The van der Waals surface area contributed by atoms with Crippen LogP contribution < -0.4 is 5.32 Å². The maximum absolute atomic E-state index is 12.1. The highest BCUT2D eigenvalue weighted by atomic mass is 16.6. The Bertz CT molecular complexity index is 367. The Kier molecular flexibility index (Phi) is 7.33. The first-order valence-corrected chi connectivity index (χ1v) is 8.82. The van der Waals surface area contributed by atoms with Crippen molar-refractivity contribution in [2.45, 2.75) is 53.1 Å². The average Bonchev–Trinajstić information content (AvgIpc) is 2.35. The number of amides is 1. The Morgan fingerprint density at radius 3 is 2.22 bits per heavy atom. The van der Waals surface area contributed by atoms with E-state index in [0.717, 1.165) is 45.6 Å². The minimum atomic E-state index is -0.409. The van der Waals surface area contributed by atoms with Crippen LogP contribution in [0, 0.1) is 11.3 Å². The molecule has 0 aromatic carbocycles. The quantitative estimate of drug-likeness (QED) is 0.815. The van der Waals surface area contributed by atoms with E-state index < -0.39 is 5.60 Å². The molecule has 1 fully saturated rings. The van der Waals surface area contributed by atoms with Crippen molar-refractivity contribution in [3.8, 4) is 0 Å². The lowest BCUT2D eigenvalue weighted by Crippen LogP contribution is -2.44. The van der Waals surface area contributed by atoms with Gasteiger partial charge in [-0.05, 0) is 65.6 Å². The van der Waals surface area contributed by atoms with Gasteiger partial charge in [0.1, 0.15) is 5.60 Å². The fraction of sp³-hybridized carbons (Fsp3) is 0.944. The highest BCUT2D eigenvalue weighted by Crippen LogP contribution is 2.20. The number of piperidine rings is 1. The summed E-state index contributed by atoms with van der Waals surface area (Å²) in [5.41, 5.74) is -0.131. The van der Waals surface area contributed by atoms with Crippen LogP contribution in [0.1, 0.15) is 47.5 Å². The van der Waals surface area contributed by atoms with Crippen LogP contribution in [0.3, 0.4) is 0 Å². The lowest BCUT2D eigenvalue weighted by molar-refractivity contribution is 0.0183. The zero-order valence-corrected chi connectivity index (χ0v) is 16.2. The summed E-state index contributed by atoms with van der Waals surface area (Å²) in [7, 11) is 4.24. The Hall–Kier alpha value is -0.810. The number of likely N-dealkylation sites (tertiary alicyclic amines) is 1. The second-order valence-electron chi connectivity index (χ2n) is 8.94. The summed E-state index contributed by atoms with van der Waals surface area (Å²) < 4.78 is 5.44. The van der Waals surface area contributed by atoms with E-state index in [9.17, 15) is 4.79 Å². The van der Waals surface area contributed by atoms with E-state index in [1.807, 2.05) is 25.7 Å². The molecule has 5 nitrogen and oxygen atoms in total. The van der Waals surface area contributed by atoms with E-state index >= 15 is 0 Å². The topological polar surface area (TPSA) is 44.8 Å². The molecular weight excluding hydrogens is 290 g/mol. The van der Waals surface area contributed by atoms with Gasteiger partial charge in [0.15, 0.2) is 0 Å². The summed E-state index contributed by atoms with van der Waals surface area (Å²) in [5, 5.41) is 3.62. The monoisotopic (exact) mass is 327 g/mol. The third-order valence-corrected chi connectivity index (χ3v) is 4.05. The van der Waals surface area contributed by atoms with Crippen LogP contribution in [0.2, 0.25) is 0 Å². The van der Waals surface area contributed by atoms with E-state index in [1.54, 1.807) is 0 Å². The Labute approximate surface area is 142 Å². The van der Waals surface area contributed by atoms with Crippen LogP contribution in [0.15, 0.2) is 0 Å². The smallest absolute Gasteiger partial charge is 0.410 e. The van der Waals surface area contributed by atoms with Crippen molar-refractivity contribution in [3.63, 3.8) is 0 Å². The van der Waals surface area contributed by atoms with Gasteiger partial charge in [-0.2, -0.15) is 0 Å². The predicted octanol–water partition coefficient (Wildman–Crippen LogP) is 2.81. The molecule has 1 aliphatic heterocycles. The van der Waals surface area contributed by atoms with Crippen molar-refractivity contribution in [1.82, 2.24) is 15.1 Å². The van der Waals surface area contributed by atoms with Crippen LogP contribution in [0.25, 0.3) is 0 Å². The molecule has 0 saturated carbocycles. The van der Waals surface area contributed by atoms with Crippen LogP contribution >= 0.6 is 0 Å². The van der Waals surface area contributed by atoms with Gasteiger partial charge in [0.2, 0.25) is 0 Å². The zero-order valence-electron chi connectivity index (χ0n) is 16.2. The Balaban J connectivity index is 2.25. The number of nitrogens with zero attached hydrogens (tertiary/aromatic N) is 2. The molecule has 1 heterocycles. The number of carbonyl (C=O) groups excluding carboxylic acids is 1. The zero-order chi connectivity index (χ0) is 17.7. The highest BCUT2D eigenvalue weighted by Gasteiger charge is 2.27. The van der Waals surface area contributed by atoms with E-state index in [0.29, 0.717) is 5.92 Å². The second kappa shape index (κ2) is 8.34. The summed E-state index contributed by atoms with van der Waals surface area (Å²) in [6.45, 7) is 15.1. The van der Waals surface area contributed by atoms with Crippen LogP contribution in [0.4, 0.5) is 4.79 Å². The molecule has 23 heavy (non-hydrogen) atoms. The number of nitrogens with one attached hydrogen (secondary N) is 1. The van der Waals surface area contributed by atoms with Gasteiger partial charge in [-0.15, -0.1) is 0 Å². The molecule has 1 saturated heterocycles. The van der Waals surface area contributed by atoms with E-state index in [2.05, 4.69) is 38.2 Å². The van der Waals surface area contributed by atoms with Crippen molar-refractivity contribution in [2.24, 2.45) is 11.3 Å².